The molecule has 2 rings (SSSR count). The normalized spacial score (nSPS) is 10.3. The average molecular weight is 346 g/mol. The maximum Gasteiger partial charge on any atom is 0.336 e. The molecule has 0 heterocycles. The van der Waals surface area contributed by atoms with Gasteiger partial charge >= 0.3 is 11.9 Å². The van der Waals surface area contributed by atoms with Crippen molar-refractivity contribution < 1.29 is 29.6 Å². The number of benzene rings is 2. The fourth-order valence-corrected chi connectivity index (χ4v) is 2.54. The Balaban J connectivity index is 2.99. The van der Waals surface area contributed by atoms with Crippen LogP contribution in [-0.2, 0) is 0 Å². The van der Waals surface area contributed by atoms with Crippen molar-refractivity contribution in [2.24, 2.45) is 0 Å². The molecule has 0 atom stereocenters. The Morgan fingerprint density at radius 1 is 0.920 bits per heavy atom. The number of hydrogen-bond donors (Lipinski definition) is 2. The highest BCUT2D eigenvalue weighted by Gasteiger charge is 2.31. The molecule has 0 fully saturated rings. The second kappa shape index (κ2) is 6.35. The fourth-order valence-electron chi connectivity index (χ4n) is 2.54. The molecule has 0 radical (unpaired) electrons. The first-order valence-electron chi connectivity index (χ1n) is 6.69. The van der Waals surface area contributed by atoms with Crippen molar-refractivity contribution in [3.05, 3.63) is 67.3 Å². The van der Waals surface area contributed by atoms with Gasteiger partial charge in [0.1, 0.15) is 5.56 Å². The Kier molecular flexibility index (Phi) is 4.46. The summed E-state index contributed by atoms with van der Waals surface area (Å²) in [6, 6.07) is 5.20. The van der Waals surface area contributed by atoms with Crippen molar-refractivity contribution in [3.63, 3.8) is 0 Å². The highest BCUT2D eigenvalue weighted by Crippen LogP contribution is 2.40. The van der Waals surface area contributed by atoms with Crippen molar-refractivity contribution in [1.29, 1.82) is 0 Å². The van der Waals surface area contributed by atoms with Crippen molar-refractivity contribution >= 4 is 23.3 Å². The standard InChI is InChI=1S/C15H10N2O8/c1-7-8(14(18)19)5-6-9(12(7)15(20)21)13-10(16(22)23)3-2-4-11(13)17(24)25/h2-6H,1H3,(H,18,19)(H,20,21). The minimum atomic E-state index is -1.55. The van der Waals surface area contributed by atoms with Gasteiger partial charge in [-0.25, -0.2) is 9.59 Å². The zero-order chi connectivity index (χ0) is 18.9. The SMILES string of the molecule is Cc1c(C(=O)O)ccc(-c2c([N+](=O)[O-])cccc2[N+](=O)[O-])c1C(=O)O. The monoisotopic (exact) mass is 346 g/mol. The first kappa shape index (κ1) is 17.5. The molecule has 0 saturated carbocycles. The van der Waals surface area contributed by atoms with E-state index in [9.17, 15) is 34.9 Å². The van der Waals surface area contributed by atoms with Crippen LogP contribution in [0.5, 0.6) is 0 Å². The molecule has 10 heteroatoms. The van der Waals surface area contributed by atoms with Crippen molar-refractivity contribution in [3.8, 4) is 11.1 Å². The first-order valence-corrected chi connectivity index (χ1v) is 6.69. The molecule has 2 N–H and O–H groups in total. The number of aromatic carboxylic acids is 2. The summed E-state index contributed by atoms with van der Waals surface area (Å²) >= 11 is 0. The molecule has 0 saturated heterocycles. The third kappa shape index (κ3) is 3.00. The van der Waals surface area contributed by atoms with Gasteiger partial charge in [-0.3, -0.25) is 20.2 Å². The third-order valence-electron chi connectivity index (χ3n) is 3.59. The highest BCUT2D eigenvalue weighted by atomic mass is 16.6. The van der Waals surface area contributed by atoms with E-state index in [0.717, 1.165) is 30.3 Å². The van der Waals surface area contributed by atoms with Crippen molar-refractivity contribution in [2.75, 3.05) is 0 Å². The van der Waals surface area contributed by atoms with Gasteiger partial charge in [-0.05, 0) is 24.6 Å². The Bertz CT molecular complexity index is 903. The Hall–Kier alpha value is -3.82. The molecule has 2 aromatic rings. The molecule has 10 nitrogen and oxygen atoms in total. The van der Waals surface area contributed by atoms with Gasteiger partial charge in [-0.2, -0.15) is 0 Å². The van der Waals surface area contributed by atoms with E-state index in [1.807, 2.05) is 0 Å². The zero-order valence-corrected chi connectivity index (χ0v) is 12.6. The number of carbonyl (C=O) groups is 2. The van der Waals surface area contributed by atoms with E-state index < -0.39 is 44.3 Å². The average Bonchev–Trinajstić information content (AvgIpc) is 2.52. The predicted molar refractivity (Wildman–Crippen MR) is 83.8 cm³/mol. The van der Waals surface area contributed by atoms with Gasteiger partial charge < -0.3 is 10.2 Å². The van der Waals surface area contributed by atoms with Crippen molar-refractivity contribution in [2.45, 2.75) is 6.92 Å². The lowest BCUT2D eigenvalue weighted by Gasteiger charge is -2.12. The summed E-state index contributed by atoms with van der Waals surface area (Å²) in [4.78, 5) is 43.6. The fraction of sp³-hybridized carbons (Fsp3) is 0.0667. The Morgan fingerprint density at radius 3 is 1.84 bits per heavy atom. The summed E-state index contributed by atoms with van der Waals surface area (Å²) in [7, 11) is 0. The topological polar surface area (TPSA) is 161 Å². The maximum atomic E-state index is 11.6. The molecule has 2 aromatic carbocycles. The molecule has 0 bridgehead atoms. The molecular weight excluding hydrogens is 336 g/mol. The summed E-state index contributed by atoms with van der Waals surface area (Å²) in [5, 5.41) is 41.1. The number of nitrogens with zero attached hydrogens (tertiary/aromatic N) is 2. The highest BCUT2D eigenvalue weighted by molar-refractivity contribution is 6.04. The molecule has 0 aromatic heterocycles. The third-order valence-corrected chi connectivity index (χ3v) is 3.59. The molecular formula is C15H10N2O8. The van der Waals surface area contributed by atoms with E-state index in [-0.39, 0.29) is 16.7 Å². The summed E-state index contributed by atoms with van der Waals surface area (Å²) in [5.41, 5.74) is -3.12. The van der Waals surface area contributed by atoms with Crippen LogP contribution in [0.3, 0.4) is 0 Å². The minimum Gasteiger partial charge on any atom is -0.478 e. The molecule has 0 aliphatic carbocycles. The van der Waals surface area contributed by atoms with Crippen LogP contribution in [0.1, 0.15) is 26.3 Å². The number of rotatable bonds is 5. The Labute approximate surface area is 139 Å². The second-order valence-corrected chi connectivity index (χ2v) is 4.96. The lowest BCUT2D eigenvalue weighted by atomic mass is 9.91. The number of carboxylic acid groups (broad SMARTS) is 2. The van der Waals surface area contributed by atoms with Gasteiger partial charge in [-0.1, -0.05) is 6.07 Å². The molecule has 0 amide bonds. The predicted octanol–water partition coefficient (Wildman–Crippen LogP) is 2.87. The first-order chi connectivity index (χ1) is 11.7. The van der Waals surface area contributed by atoms with E-state index in [0.29, 0.717) is 0 Å². The van der Waals surface area contributed by atoms with Crippen LogP contribution in [0.15, 0.2) is 30.3 Å². The number of hydrogen-bond acceptors (Lipinski definition) is 6. The van der Waals surface area contributed by atoms with Gasteiger partial charge in [0.2, 0.25) is 0 Å². The molecule has 0 unspecified atom stereocenters. The van der Waals surface area contributed by atoms with E-state index in [2.05, 4.69) is 0 Å². The minimum absolute atomic E-state index is 0.162. The molecule has 25 heavy (non-hydrogen) atoms. The van der Waals surface area contributed by atoms with Crippen LogP contribution in [0.25, 0.3) is 11.1 Å². The van der Waals surface area contributed by atoms with E-state index in [4.69, 9.17) is 5.11 Å². The molecule has 128 valence electrons. The molecule has 0 aliphatic rings. The Morgan fingerprint density at radius 2 is 1.44 bits per heavy atom. The lowest BCUT2D eigenvalue weighted by molar-refractivity contribution is -0.392. The van der Waals surface area contributed by atoms with Gasteiger partial charge in [0.05, 0.1) is 21.0 Å². The van der Waals surface area contributed by atoms with E-state index in [1.165, 1.54) is 6.92 Å². The van der Waals surface area contributed by atoms with E-state index >= 15 is 0 Å². The number of nitro groups is 2. The quantitative estimate of drug-likeness (QED) is 0.617. The van der Waals surface area contributed by atoms with Crippen LogP contribution in [0, 0.1) is 27.2 Å². The van der Waals surface area contributed by atoms with E-state index in [1.54, 1.807) is 0 Å². The van der Waals surface area contributed by atoms with Gasteiger partial charge in [0, 0.05) is 17.7 Å². The lowest BCUT2D eigenvalue weighted by Crippen LogP contribution is -2.10. The van der Waals surface area contributed by atoms with Gasteiger partial charge in [0.15, 0.2) is 0 Å². The number of nitro benzene ring substituents is 2. The molecule has 0 spiro atoms. The zero-order valence-electron chi connectivity index (χ0n) is 12.6. The summed E-state index contributed by atoms with van der Waals surface area (Å²) in [6.45, 7) is 1.22. The maximum absolute atomic E-state index is 11.6. The van der Waals surface area contributed by atoms with Crippen LogP contribution >= 0.6 is 0 Å². The largest absolute Gasteiger partial charge is 0.478 e. The van der Waals surface area contributed by atoms with Crippen LogP contribution in [0.4, 0.5) is 11.4 Å². The smallest absolute Gasteiger partial charge is 0.336 e. The van der Waals surface area contributed by atoms with Gasteiger partial charge in [0.25, 0.3) is 11.4 Å². The van der Waals surface area contributed by atoms with Crippen LogP contribution in [0.2, 0.25) is 0 Å². The second-order valence-electron chi connectivity index (χ2n) is 4.96. The van der Waals surface area contributed by atoms with Crippen molar-refractivity contribution in [1.82, 2.24) is 0 Å². The summed E-state index contributed by atoms with van der Waals surface area (Å²) in [5.74, 6) is -2.94. The van der Waals surface area contributed by atoms with Crippen LogP contribution < -0.4 is 0 Å². The van der Waals surface area contributed by atoms with Gasteiger partial charge in [-0.15, -0.1) is 0 Å². The summed E-state index contributed by atoms with van der Waals surface area (Å²) < 4.78 is 0. The summed E-state index contributed by atoms with van der Waals surface area (Å²) in [6.07, 6.45) is 0. The molecule has 0 aliphatic heterocycles. The van der Waals surface area contributed by atoms with Crippen LogP contribution in [-0.4, -0.2) is 32.0 Å². The number of carboxylic acids is 2.